The number of ether oxygens (including phenoxy) is 1. The molecule has 0 bridgehead atoms. The number of pyridine rings is 1. The van der Waals surface area contributed by atoms with Gasteiger partial charge in [-0.05, 0) is 48.8 Å². The molecule has 0 spiro atoms. The van der Waals surface area contributed by atoms with Crippen LogP contribution in [0.3, 0.4) is 0 Å². The number of hydrogen-bond donors (Lipinski definition) is 1. The molecule has 0 amide bonds. The summed E-state index contributed by atoms with van der Waals surface area (Å²) < 4.78 is 29.7. The van der Waals surface area contributed by atoms with Gasteiger partial charge in [-0.1, -0.05) is 36.4 Å². The smallest absolute Gasteiger partial charge is 0.218 e. The second-order valence-corrected chi connectivity index (χ2v) is 8.33. The van der Waals surface area contributed by atoms with E-state index in [1.807, 2.05) is 6.07 Å². The van der Waals surface area contributed by atoms with Gasteiger partial charge in [0.15, 0.2) is 0 Å². The Hall–Kier alpha value is -1.76. The average molecular weight is 360 g/mol. The van der Waals surface area contributed by atoms with Crippen LogP contribution >= 0.6 is 0 Å². The van der Waals surface area contributed by atoms with Crippen molar-refractivity contribution in [2.45, 2.75) is 43.0 Å². The topological polar surface area (TPSA) is 82.3 Å². The van der Waals surface area contributed by atoms with Gasteiger partial charge in [0.1, 0.15) is 5.25 Å². The molecule has 0 aliphatic heterocycles. The van der Waals surface area contributed by atoms with Crippen LogP contribution in [-0.2, 0) is 14.8 Å². The Morgan fingerprint density at radius 2 is 1.80 bits per heavy atom. The summed E-state index contributed by atoms with van der Waals surface area (Å²) in [6, 6.07) is 13.9. The maximum Gasteiger partial charge on any atom is 0.218 e. The van der Waals surface area contributed by atoms with Gasteiger partial charge in [0.05, 0.1) is 12.7 Å². The highest BCUT2D eigenvalue weighted by atomic mass is 32.2. The largest absolute Gasteiger partial charge is 0.376 e. The fourth-order valence-electron chi connectivity index (χ4n) is 3.46. The highest BCUT2D eigenvalue weighted by Gasteiger charge is 2.28. The van der Waals surface area contributed by atoms with Crippen molar-refractivity contribution in [2.75, 3.05) is 6.61 Å². The van der Waals surface area contributed by atoms with Gasteiger partial charge in [0.25, 0.3) is 0 Å². The third kappa shape index (κ3) is 4.87. The lowest BCUT2D eigenvalue weighted by molar-refractivity contribution is 0.0246. The summed E-state index contributed by atoms with van der Waals surface area (Å²) in [4.78, 5) is 3.98. The summed E-state index contributed by atoms with van der Waals surface area (Å²) >= 11 is 0. The van der Waals surface area contributed by atoms with E-state index in [0.717, 1.165) is 25.7 Å². The molecular weight excluding hydrogens is 336 g/mol. The zero-order chi connectivity index (χ0) is 17.7. The molecule has 1 unspecified atom stereocenters. The van der Waals surface area contributed by atoms with E-state index in [1.54, 1.807) is 18.3 Å². The molecule has 0 saturated heterocycles. The standard InChI is InChI=1S/C19H24N2O3S/c20-25(22,23)19(17-7-4-12-21-13-17)14-24-18-10-8-16(9-11-18)15-5-2-1-3-6-15/h1-7,12-13,16,18-19H,8-11,14H2,(H2,20,22,23)/t16-,18+,19?. The monoisotopic (exact) mass is 360 g/mol. The molecule has 1 aromatic heterocycles. The minimum atomic E-state index is -3.74. The van der Waals surface area contributed by atoms with Crippen LogP contribution in [0.5, 0.6) is 0 Å². The minimum absolute atomic E-state index is 0.0746. The van der Waals surface area contributed by atoms with Gasteiger partial charge in [0, 0.05) is 12.4 Å². The zero-order valence-electron chi connectivity index (χ0n) is 14.1. The summed E-state index contributed by atoms with van der Waals surface area (Å²) in [5.74, 6) is 0.563. The molecule has 134 valence electrons. The van der Waals surface area contributed by atoms with Crippen LogP contribution in [0.2, 0.25) is 0 Å². The maximum atomic E-state index is 11.9. The van der Waals surface area contributed by atoms with Crippen LogP contribution in [0.25, 0.3) is 0 Å². The quantitative estimate of drug-likeness (QED) is 0.858. The molecule has 2 aromatic rings. The van der Waals surface area contributed by atoms with Crippen LogP contribution < -0.4 is 5.14 Å². The van der Waals surface area contributed by atoms with Crippen LogP contribution in [-0.4, -0.2) is 26.1 Å². The van der Waals surface area contributed by atoms with Crippen molar-refractivity contribution in [2.24, 2.45) is 5.14 Å². The Kier molecular flexibility index (Phi) is 5.83. The van der Waals surface area contributed by atoms with Crippen molar-refractivity contribution in [3.8, 4) is 0 Å². The van der Waals surface area contributed by atoms with Crippen LogP contribution in [0.4, 0.5) is 0 Å². The molecule has 1 saturated carbocycles. The SMILES string of the molecule is NS(=O)(=O)C(CO[C@H]1CC[C@@H](c2ccccc2)CC1)c1cccnc1. The number of nitrogens with two attached hydrogens (primary N) is 1. The molecule has 0 radical (unpaired) electrons. The number of sulfonamides is 1. The highest BCUT2D eigenvalue weighted by molar-refractivity contribution is 7.89. The minimum Gasteiger partial charge on any atom is -0.376 e. The molecule has 1 aliphatic carbocycles. The van der Waals surface area contributed by atoms with Crippen molar-refractivity contribution in [3.63, 3.8) is 0 Å². The third-order valence-corrected chi connectivity index (χ3v) is 6.08. The average Bonchev–Trinajstić information content (AvgIpc) is 2.63. The Morgan fingerprint density at radius 3 is 2.40 bits per heavy atom. The van der Waals surface area contributed by atoms with E-state index >= 15 is 0 Å². The second-order valence-electron chi connectivity index (χ2n) is 6.58. The highest BCUT2D eigenvalue weighted by Crippen LogP contribution is 2.34. The lowest BCUT2D eigenvalue weighted by Crippen LogP contribution is -2.29. The van der Waals surface area contributed by atoms with Crippen LogP contribution in [0, 0.1) is 0 Å². The van der Waals surface area contributed by atoms with Gasteiger partial charge in [-0.2, -0.15) is 0 Å². The summed E-state index contributed by atoms with van der Waals surface area (Å²) in [7, 11) is -3.74. The first-order valence-electron chi connectivity index (χ1n) is 8.62. The van der Waals surface area contributed by atoms with Crippen molar-refractivity contribution >= 4 is 10.0 Å². The van der Waals surface area contributed by atoms with Gasteiger partial charge in [-0.15, -0.1) is 0 Å². The second kappa shape index (κ2) is 8.08. The van der Waals surface area contributed by atoms with Gasteiger partial charge in [0.2, 0.25) is 10.0 Å². The van der Waals surface area contributed by atoms with Gasteiger partial charge in [-0.25, -0.2) is 13.6 Å². The Bertz CT molecular complexity index is 758. The lowest BCUT2D eigenvalue weighted by Gasteiger charge is -2.29. The molecule has 1 heterocycles. The molecule has 1 aromatic carbocycles. The molecular formula is C19H24N2O3S. The fraction of sp³-hybridized carbons (Fsp3) is 0.421. The molecule has 2 N–H and O–H groups in total. The fourth-order valence-corrected chi connectivity index (χ4v) is 4.25. The molecule has 3 rings (SSSR count). The van der Waals surface area contributed by atoms with Gasteiger partial charge in [-0.3, -0.25) is 4.98 Å². The number of aromatic nitrogens is 1. The Balaban J connectivity index is 1.56. The first kappa shape index (κ1) is 18.0. The number of rotatable bonds is 6. The van der Waals surface area contributed by atoms with E-state index < -0.39 is 15.3 Å². The van der Waals surface area contributed by atoms with E-state index in [-0.39, 0.29) is 12.7 Å². The first-order valence-corrected chi connectivity index (χ1v) is 10.2. The molecule has 1 aliphatic rings. The van der Waals surface area contributed by atoms with Crippen molar-refractivity contribution in [1.29, 1.82) is 0 Å². The van der Waals surface area contributed by atoms with Crippen molar-refractivity contribution < 1.29 is 13.2 Å². The lowest BCUT2D eigenvalue weighted by atomic mass is 9.83. The number of primary sulfonamides is 1. The van der Waals surface area contributed by atoms with Crippen LogP contribution in [0.1, 0.15) is 48.0 Å². The molecule has 25 heavy (non-hydrogen) atoms. The molecule has 1 fully saturated rings. The van der Waals surface area contributed by atoms with Crippen molar-refractivity contribution in [3.05, 3.63) is 66.0 Å². The number of nitrogens with zero attached hydrogens (tertiary/aromatic N) is 1. The maximum absolute atomic E-state index is 11.9. The van der Waals surface area contributed by atoms with E-state index in [2.05, 4.69) is 29.2 Å². The Labute approximate surface area is 149 Å². The predicted octanol–water partition coefficient (Wildman–Crippen LogP) is 3.15. The summed E-state index contributed by atoms with van der Waals surface area (Å²) in [6.07, 6.45) is 7.21. The van der Waals surface area contributed by atoms with Gasteiger partial charge >= 0.3 is 0 Å². The molecule has 5 nitrogen and oxygen atoms in total. The Morgan fingerprint density at radius 1 is 1.08 bits per heavy atom. The van der Waals surface area contributed by atoms with Crippen LogP contribution in [0.15, 0.2) is 54.9 Å². The molecule has 6 heteroatoms. The summed E-state index contributed by atoms with van der Waals surface area (Å²) in [5.41, 5.74) is 1.95. The van der Waals surface area contributed by atoms with Gasteiger partial charge < -0.3 is 4.74 Å². The first-order chi connectivity index (χ1) is 12.0. The normalized spacial score (nSPS) is 22.4. The zero-order valence-corrected chi connectivity index (χ0v) is 14.9. The predicted molar refractivity (Wildman–Crippen MR) is 97.5 cm³/mol. The third-order valence-electron chi connectivity index (χ3n) is 4.88. The number of benzene rings is 1. The van der Waals surface area contributed by atoms with Crippen molar-refractivity contribution in [1.82, 2.24) is 4.98 Å². The number of hydrogen-bond acceptors (Lipinski definition) is 4. The van der Waals surface area contributed by atoms with E-state index in [9.17, 15) is 8.42 Å². The molecule has 1 atom stereocenters. The summed E-state index contributed by atoms with van der Waals surface area (Å²) in [5, 5.41) is 4.52. The van der Waals surface area contributed by atoms with E-state index in [4.69, 9.17) is 9.88 Å². The van der Waals surface area contributed by atoms with E-state index in [1.165, 1.54) is 11.8 Å². The van der Waals surface area contributed by atoms with E-state index in [0.29, 0.717) is 11.5 Å². The summed E-state index contributed by atoms with van der Waals surface area (Å²) in [6.45, 7) is 0.0746.